The Labute approximate surface area is 145 Å². The van der Waals surface area contributed by atoms with Crippen LogP contribution in [0.2, 0.25) is 0 Å². The Bertz CT molecular complexity index is 769. The van der Waals surface area contributed by atoms with Gasteiger partial charge < -0.3 is 9.84 Å². The largest absolute Gasteiger partial charge is 0.504 e. The summed E-state index contributed by atoms with van der Waals surface area (Å²) in [5.41, 5.74) is 1.52. The van der Waals surface area contributed by atoms with Crippen molar-refractivity contribution < 1.29 is 14.6 Å². The van der Waals surface area contributed by atoms with Crippen LogP contribution in [0.3, 0.4) is 0 Å². The highest BCUT2D eigenvalue weighted by molar-refractivity contribution is 7.12. The van der Waals surface area contributed by atoms with E-state index in [9.17, 15) is 9.90 Å². The number of amides is 1. The Kier molecular flexibility index (Phi) is 4.57. The molecule has 2 aromatic rings. The fourth-order valence-electron chi connectivity index (χ4n) is 2.78. The minimum atomic E-state index is -0.327. The number of hydrazone groups is 1. The summed E-state index contributed by atoms with van der Waals surface area (Å²) < 4.78 is 5.20. The molecule has 2 heterocycles. The first kappa shape index (κ1) is 16.5. The molecule has 1 aromatic heterocycles. The Hall–Kier alpha value is -2.34. The summed E-state index contributed by atoms with van der Waals surface area (Å²) in [6.07, 6.45) is 0.569. The molecule has 6 heteroatoms. The summed E-state index contributed by atoms with van der Waals surface area (Å²) in [6.45, 7) is 3.70. The van der Waals surface area contributed by atoms with Gasteiger partial charge in [0.1, 0.15) is 0 Å². The number of ether oxygens (including phenoxy) is 1. The van der Waals surface area contributed by atoms with E-state index in [1.807, 2.05) is 43.5 Å². The lowest BCUT2D eigenvalue weighted by Gasteiger charge is -2.24. The van der Waals surface area contributed by atoms with Crippen LogP contribution >= 0.6 is 11.3 Å². The number of nitrogens with zero attached hydrogens (tertiary/aromatic N) is 2. The first-order valence-electron chi connectivity index (χ1n) is 7.83. The van der Waals surface area contributed by atoms with E-state index in [2.05, 4.69) is 5.10 Å². The number of rotatable bonds is 4. The molecule has 1 atom stereocenters. The minimum absolute atomic E-state index is 0.0613. The molecule has 1 amide bonds. The third kappa shape index (κ3) is 2.89. The van der Waals surface area contributed by atoms with Crippen LogP contribution in [0.15, 0.2) is 40.8 Å². The number of carbonyl (C=O) groups excluding carboxylic acids is 1. The van der Waals surface area contributed by atoms with Crippen LogP contribution < -0.4 is 4.74 Å². The topological polar surface area (TPSA) is 62.1 Å². The molecule has 0 spiro atoms. The van der Waals surface area contributed by atoms with Crippen LogP contribution in [0, 0.1) is 5.92 Å². The van der Waals surface area contributed by atoms with E-state index < -0.39 is 0 Å². The molecule has 24 heavy (non-hydrogen) atoms. The SMILES string of the molecule is COc1cccc([C@H]2CC(c3cccs3)=NN2C(=O)C(C)C)c1O. The number of phenols is 1. The number of aromatic hydroxyl groups is 1. The van der Waals surface area contributed by atoms with Crippen molar-refractivity contribution in [3.63, 3.8) is 0 Å². The van der Waals surface area contributed by atoms with E-state index in [0.717, 1.165) is 10.6 Å². The zero-order valence-electron chi connectivity index (χ0n) is 13.9. The van der Waals surface area contributed by atoms with Gasteiger partial charge in [0, 0.05) is 17.9 Å². The number of methoxy groups -OCH3 is 1. The van der Waals surface area contributed by atoms with E-state index in [1.54, 1.807) is 17.4 Å². The number of phenolic OH excluding ortho intramolecular Hbond substituents is 1. The van der Waals surface area contributed by atoms with E-state index >= 15 is 0 Å². The second-order valence-corrected chi connectivity index (χ2v) is 6.93. The molecule has 0 radical (unpaired) electrons. The summed E-state index contributed by atoms with van der Waals surface area (Å²) in [6, 6.07) is 8.96. The molecule has 3 rings (SSSR count). The van der Waals surface area contributed by atoms with Crippen LogP contribution in [0.25, 0.3) is 0 Å². The monoisotopic (exact) mass is 344 g/mol. The van der Waals surface area contributed by atoms with E-state index in [-0.39, 0.29) is 23.6 Å². The van der Waals surface area contributed by atoms with Crippen LogP contribution in [0.1, 0.15) is 36.8 Å². The van der Waals surface area contributed by atoms with Crippen LogP contribution in [-0.2, 0) is 4.79 Å². The standard InChI is InChI=1S/C18H20N2O3S/c1-11(2)18(22)20-14(10-13(19-20)16-8-5-9-24-16)12-6-4-7-15(23-3)17(12)21/h4-9,11,14,21H,10H2,1-3H3/t14-/m1/s1. The van der Waals surface area contributed by atoms with Gasteiger partial charge in [-0.3, -0.25) is 4.79 Å². The third-order valence-corrected chi connectivity index (χ3v) is 4.96. The number of para-hydroxylation sites is 1. The maximum Gasteiger partial charge on any atom is 0.245 e. The molecule has 0 bridgehead atoms. The molecule has 0 saturated carbocycles. The summed E-state index contributed by atoms with van der Waals surface area (Å²) in [5, 5.41) is 18.6. The lowest BCUT2D eigenvalue weighted by Crippen LogP contribution is -2.30. The number of thiophene rings is 1. The highest BCUT2D eigenvalue weighted by Gasteiger charge is 2.36. The molecule has 0 aliphatic carbocycles. The van der Waals surface area contributed by atoms with Gasteiger partial charge in [-0.1, -0.05) is 32.0 Å². The quantitative estimate of drug-likeness (QED) is 0.918. The molecule has 5 nitrogen and oxygen atoms in total. The predicted molar refractivity (Wildman–Crippen MR) is 94.6 cm³/mol. The Morgan fingerprint density at radius 2 is 2.17 bits per heavy atom. The molecule has 1 aliphatic heterocycles. The molecule has 0 unspecified atom stereocenters. The van der Waals surface area contributed by atoms with Crippen LogP contribution in [0.4, 0.5) is 0 Å². The van der Waals surface area contributed by atoms with Gasteiger partial charge in [-0.15, -0.1) is 11.3 Å². The molecule has 126 valence electrons. The molecule has 0 saturated heterocycles. The van der Waals surface area contributed by atoms with Gasteiger partial charge in [-0.05, 0) is 17.5 Å². The second kappa shape index (κ2) is 6.65. The van der Waals surface area contributed by atoms with Crippen molar-refractivity contribution in [2.75, 3.05) is 7.11 Å². The van der Waals surface area contributed by atoms with Gasteiger partial charge in [0.15, 0.2) is 11.5 Å². The number of hydrogen-bond donors (Lipinski definition) is 1. The molecule has 0 fully saturated rings. The lowest BCUT2D eigenvalue weighted by molar-refractivity contribution is -0.136. The molecular weight excluding hydrogens is 324 g/mol. The highest BCUT2D eigenvalue weighted by atomic mass is 32.1. The Morgan fingerprint density at radius 3 is 2.79 bits per heavy atom. The van der Waals surface area contributed by atoms with Gasteiger partial charge in [0.05, 0.1) is 23.7 Å². The van der Waals surface area contributed by atoms with Gasteiger partial charge in [-0.2, -0.15) is 5.10 Å². The van der Waals surface area contributed by atoms with Crippen molar-refractivity contribution in [2.45, 2.75) is 26.3 Å². The Balaban J connectivity index is 2.02. The highest BCUT2D eigenvalue weighted by Crippen LogP contribution is 2.41. The number of carbonyl (C=O) groups is 1. The van der Waals surface area contributed by atoms with E-state index in [4.69, 9.17) is 4.74 Å². The van der Waals surface area contributed by atoms with Crippen molar-refractivity contribution in [1.29, 1.82) is 0 Å². The smallest absolute Gasteiger partial charge is 0.245 e. The summed E-state index contributed by atoms with van der Waals surface area (Å²) in [7, 11) is 1.51. The van der Waals surface area contributed by atoms with Crippen molar-refractivity contribution in [2.24, 2.45) is 11.0 Å². The minimum Gasteiger partial charge on any atom is -0.504 e. The average molecular weight is 344 g/mol. The van der Waals surface area contributed by atoms with E-state index in [0.29, 0.717) is 17.7 Å². The van der Waals surface area contributed by atoms with Gasteiger partial charge in [-0.25, -0.2) is 5.01 Å². The van der Waals surface area contributed by atoms with Crippen molar-refractivity contribution in [3.05, 3.63) is 46.2 Å². The third-order valence-electron chi connectivity index (χ3n) is 4.04. The fraction of sp³-hybridized carbons (Fsp3) is 0.333. The molecule has 1 aliphatic rings. The summed E-state index contributed by atoms with van der Waals surface area (Å²) >= 11 is 1.60. The number of benzene rings is 1. The van der Waals surface area contributed by atoms with Gasteiger partial charge >= 0.3 is 0 Å². The lowest BCUT2D eigenvalue weighted by atomic mass is 9.99. The van der Waals surface area contributed by atoms with Gasteiger partial charge in [0.2, 0.25) is 5.91 Å². The summed E-state index contributed by atoms with van der Waals surface area (Å²) in [4.78, 5) is 13.7. The first-order chi connectivity index (χ1) is 11.5. The maximum absolute atomic E-state index is 12.6. The van der Waals surface area contributed by atoms with Crippen molar-refractivity contribution in [1.82, 2.24) is 5.01 Å². The second-order valence-electron chi connectivity index (χ2n) is 5.98. The normalized spacial score (nSPS) is 17.2. The zero-order chi connectivity index (χ0) is 17.3. The number of hydrogen-bond acceptors (Lipinski definition) is 5. The fourth-order valence-corrected chi connectivity index (χ4v) is 3.51. The van der Waals surface area contributed by atoms with Crippen molar-refractivity contribution >= 4 is 23.0 Å². The first-order valence-corrected chi connectivity index (χ1v) is 8.71. The average Bonchev–Trinajstić information content (AvgIpc) is 3.23. The van der Waals surface area contributed by atoms with Crippen molar-refractivity contribution in [3.8, 4) is 11.5 Å². The molecule has 1 aromatic carbocycles. The van der Waals surface area contributed by atoms with E-state index in [1.165, 1.54) is 12.1 Å². The Morgan fingerprint density at radius 1 is 1.38 bits per heavy atom. The zero-order valence-corrected chi connectivity index (χ0v) is 14.7. The maximum atomic E-state index is 12.6. The molecular formula is C18H20N2O3S. The summed E-state index contributed by atoms with van der Waals surface area (Å²) in [5.74, 6) is 0.226. The predicted octanol–water partition coefficient (Wildman–Crippen LogP) is 3.80. The molecule has 1 N–H and O–H groups in total. The van der Waals surface area contributed by atoms with Crippen LogP contribution in [-0.4, -0.2) is 28.8 Å². The van der Waals surface area contributed by atoms with Crippen LogP contribution in [0.5, 0.6) is 11.5 Å². The van der Waals surface area contributed by atoms with Gasteiger partial charge in [0.25, 0.3) is 0 Å².